The number of benzene rings is 2. The monoisotopic (exact) mass is 563 g/mol. The Morgan fingerprint density at radius 2 is 1.85 bits per heavy atom. The maximum Gasteiger partial charge on any atom is 0.490 e. The van der Waals surface area contributed by atoms with E-state index in [4.69, 9.17) is 29.1 Å². The Morgan fingerprint density at radius 1 is 1.10 bits per heavy atom. The molecule has 1 unspecified atom stereocenters. The number of ether oxygens (including phenoxy) is 3. The molecule has 8 nitrogen and oxygen atoms in total. The lowest BCUT2D eigenvalue weighted by atomic mass is 10.1. The summed E-state index contributed by atoms with van der Waals surface area (Å²) in [5.74, 6) is -1.25. The molecule has 3 aromatic rings. The third-order valence-electron chi connectivity index (χ3n) is 7.06. The van der Waals surface area contributed by atoms with E-state index in [1.807, 2.05) is 12.1 Å². The van der Waals surface area contributed by atoms with E-state index in [0.29, 0.717) is 6.61 Å². The minimum absolute atomic E-state index is 0.251. The zero-order valence-corrected chi connectivity index (χ0v) is 22.6. The van der Waals surface area contributed by atoms with Gasteiger partial charge in [0.2, 0.25) is 0 Å². The van der Waals surface area contributed by atoms with E-state index in [9.17, 15) is 13.2 Å². The number of carboxylic acid groups (broad SMARTS) is 1. The van der Waals surface area contributed by atoms with Gasteiger partial charge in [0.05, 0.1) is 36.5 Å². The molecule has 40 heavy (non-hydrogen) atoms. The molecule has 0 aliphatic carbocycles. The molecular formula is C29H36F3N3O5. The summed E-state index contributed by atoms with van der Waals surface area (Å²) < 4.78 is 49.6. The molecule has 5 rings (SSSR count). The second kappa shape index (κ2) is 13.8. The first-order valence-electron chi connectivity index (χ1n) is 13.7. The molecule has 0 radical (unpaired) electrons. The molecule has 2 fully saturated rings. The van der Waals surface area contributed by atoms with E-state index in [2.05, 4.69) is 34.5 Å². The van der Waals surface area contributed by atoms with Crippen molar-refractivity contribution in [1.29, 1.82) is 0 Å². The van der Waals surface area contributed by atoms with Crippen LogP contribution >= 0.6 is 0 Å². The Balaban J connectivity index is 0.000000470. The summed E-state index contributed by atoms with van der Waals surface area (Å²) in [6.07, 6.45) is 2.32. The van der Waals surface area contributed by atoms with Gasteiger partial charge >= 0.3 is 12.1 Å². The average molecular weight is 564 g/mol. The molecule has 2 aliphatic rings. The molecule has 2 N–H and O–H groups in total. The average Bonchev–Trinajstić information content (AvgIpc) is 3.47. The van der Waals surface area contributed by atoms with E-state index in [-0.39, 0.29) is 6.10 Å². The highest BCUT2D eigenvalue weighted by atomic mass is 19.4. The van der Waals surface area contributed by atoms with Crippen LogP contribution in [0.5, 0.6) is 11.5 Å². The molecule has 1 aromatic heterocycles. The Kier molecular flexibility index (Phi) is 10.3. The number of halogens is 3. The smallest absolute Gasteiger partial charge is 0.490 e. The molecule has 0 amide bonds. The van der Waals surface area contributed by atoms with Crippen LogP contribution in [0.2, 0.25) is 0 Å². The Bertz CT molecular complexity index is 1280. The minimum atomic E-state index is -5.08. The number of rotatable bonds is 9. The number of anilines is 1. The molecule has 2 aromatic carbocycles. The van der Waals surface area contributed by atoms with Gasteiger partial charge in [0.1, 0.15) is 0 Å². The number of carbonyl (C=O) groups is 1. The Hall–Kier alpha value is -3.31. The molecule has 2 aliphatic heterocycles. The highest BCUT2D eigenvalue weighted by molar-refractivity contribution is 6.08. The molecule has 2 saturated heterocycles. The number of alkyl halides is 3. The second-order valence-corrected chi connectivity index (χ2v) is 9.95. The maximum atomic E-state index is 10.6. The molecule has 11 heteroatoms. The van der Waals surface area contributed by atoms with E-state index >= 15 is 0 Å². The molecule has 3 heterocycles. The molecule has 1 atom stereocenters. The van der Waals surface area contributed by atoms with Crippen molar-refractivity contribution < 1.29 is 37.3 Å². The number of aromatic nitrogens is 1. The summed E-state index contributed by atoms with van der Waals surface area (Å²) in [7, 11) is 1.70. The van der Waals surface area contributed by atoms with Crippen LogP contribution in [-0.2, 0) is 9.53 Å². The normalized spacial score (nSPS) is 17.9. The van der Waals surface area contributed by atoms with Gasteiger partial charge in [-0.2, -0.15) is 13.2 Å². The number of hydrogen-bond donors (Lipinski definition) is 2. The van der Waals surface area contributed by atoms with Crippen LogP contribution in [0.1, 0.15) is 38.5 Å². The number of methoxy groups -OCH3 is 1. The number of aliphatic carboxylic acids is 1. The summed E-state index contributed by atoms with van der Waals surface area (Å²) in [6, 6.07) is 12.4. The molecule has 0 saturated carbocycles. The zero-order chi connectivity index (χ0) is 28.5. The van der Waals surface area contributed by atoms with Gasteiger partial charge in [-0.3, -0.25) is 0 Å². The minimum Gasteiger partial charge on any atom is -0.493 e. The Labute approximate surface area is 231 Å². The predicted octanol–water partition coefficient (Wildman–Crippen LogP) is 5.88. The van der Waals surface area contributed by atoms with Crippen molar-refractivity contribution in [2.24, 2.45) is 0 Å². The summed E-state index contributed by atoms with van der Waals surface area (Å²) in [6.45, 7) is 5.86. The third-order valence-corrected chi connectivity index (χ3v) is 7.06. The zero-order valence-electron chi connectivity index (χ0n) is 22.6. The quantitative estimate of drug-likeness (QED) is 0.247. The van der Waals surface area contributed by atoms with Gasteiger partial charge in [-0.05, 0) is 63.7 Å². The largest absolute Gasteiger partial charge is 0.493 e. The molecule has 0 spiro atoms. The number of nitrogens with zero attached hydrogens (tertiary/aromatic N) is 2. The van der Waals surface area contributed by atoms with Crippen LogP contribution in [0.15, 0.2) is 36.4 Å². The van der Waals surface area contributed by atoms with Crippen LogP contribution in [0.25, 0.3) is 21.8 Å². The van der Waals surface area contributed by atoms with Crippen molar-refractivity contribution in [2.75, 3.05) is 51.8 Å². The predicted molar refractivity (Wildman–Crippen MR) is 147 cm³/mol. The highest BCUT2D eigenvalue weighted by Crippen LogP contribution is 2.38. The van der Waals surface area contributed by atoms with Gasteiger partial charge in [-0.25, -0.2) is 9.78 Å². The van der Waals surface area contributed by atoms with Gasteiger partial charge in [0.15, 0.2) is 11.5 Å². The van der Waals surface area contributed by atoms with Crippen LogP contribution in [-0.4, -0.2) is 79.7 Å². The van der Waals surface area contributed by atoms with Crippen molar-refractivity contribution in [2.45, 2.75) is 50.8 Å². The number of likely N-dealkylation sites (tertiary alicyclic amines) is 1. The summed E-state index contributed by atoms with van der Waals surface area (Å²) in [5, 5.41) is 13.0. The first-order valence-corrected chi connectivity index (χ1v) is 13.7. The van der Waals surface area contributed by atoms with E-state index in [1.165, 1.54) is 32.4 Å². The highest BCUT2D eigenvalue weighted by Gasteiger charge is 2.38. The number of nitrogens with one attached hydrogen (secondary N) is 1. The van der Waals surface area contributed by atoms with Crippen LogP contribution < -0.4 is 14.8 Å². The van der Waals surface area contributed by atoms with E-state index in [1.54, 1.807) is 7.11 Å². The fourth-order valence-electron chi connectivity index (χ4n) is 5.02. The van der Waals surface area contributed by atoms with Crippen LogP contribution in [0.3, 0.4) is 0 Å². The second-order valence-electron chi connectivity index (χ2n) is 9.95. The molecule has 218 valence electrons. The third kappa shape index (κ3) is 7.88. The summed E-state index contributed by atoms with van der Waals surface area (Å²) in [4.78, 5) is 16.4. The summed E-state index contributed by atoms with van der Waals surface area (Å²) in [5.41, 5.74) is 2.97. The lowest BCUT2D eigenvalue weighted by Crippen LogP contribution is -2.27. The molecular weight excluding hydrogens is 527 g/mol. The lowest BCUT2D eigenvalue weighted by Gasteiger charge is -2.24. The van der Waals surface area contributed by atoms with Crippen molar-refractivity contribution in [3.05, 3.63) is 36.4 Å². The first kappa shape index (κ1) is 29.7. The van der Waals surface area contributed by atoms with Crippen molar-refractivity contribution in [3.8, 4) is 11.5 Å². The summed E-state index contributed by atoms with van der Waals surface area (Å²) >= 11 is 0. The van der Waals surface area contributed by atoms with Gasteiger partial charge in [-0.1, -0.05) is 18.2 Å². The van der Waals surface area contributed by atoms with Crippen LogP contribution in [0, 0.1) is 0 Å². The SMILES string of the molecule is COc1cc2c(NCC3CCCCO3)c3ccccc3nc2cc1OCCCN1CCCC1.O=C(O)C(F)(F)F. The van der Waals surface area contributed by atoms with Gasteiger partial charge < -0.3 is 29.5 Å². The van der Waals surface area contributed by atoms with Crippen LogP contribution in [0.4, 0.5) is 18.9 Å². The maximum absolute atomic E-state index is 10.6. The van der Waals surface area contributed by atoms with Gasteiger partial charge in [-0.15, -0.1) is 0 Å². The number of hydrogen-bond acceptors (Lipinski definition) is 7. The fourth-order valence-corrected chi connectivity index (χ4v) is 5.02. The van der Waals surface area contributed by atoms with Gasteiger partial charge in [0.25, 0.3) is 0 Å². The first-order chi connectivity index (χ1) is 19.3. The van der Waals surface area contributed by atoms with Gasteiger partial charge in [0, 0.05) is 36.5 Å². The van der Waals surface area contributed by atoms with Crippen molar-refractivity contribution in [3.63, 3.8) is 0 Å². The number of pyridine rings is 1. The van der Waals surface area contributed by atoms with Crippen molar-refractivity contribution in [1.82, 2.24) is 9.88 Å². The van der Waals surface area contributed by atoms with E-state index in [0.717, 1.165) is 78.0 Å². The Morgan fingerprint density at radius 3 is 2.52 bits per heavy atom. The molecule has 0 bridgehead atoms. The number of carboxylic acids is 1. The topological polar surface area (TPSA) is 93.2 Å². The lowest BCUT2D eigenvalue weighted by molar-refractivity contribution is -0.192. The van der Waals surface area contributed by atoms with E-state index < -0.39 is 12.1 Å². The standard InChI is InChI=1S/C27H35N3O3.C2HF3O2/c1-31-25-17-22-24(18-26(25)33-16-8-14-30-12-5-6-13-30)29-23-11-3-2-10-21(23)27(22)28-19-20-9-4-7-15-32-20;3-2(4,5)1(6)7/h2-3,10-11,17-18,20H,4-9,12-16,19H2,1H3,(H,28,29);(H,6,7). The fraction of sp³-hybridized carbons (Fsp3) is 0.517. The number of para-hydroxylation sites is 1. The number of fused-ring (bicyclic) bond motifs is 2. The van der Waals surface area contributed by atoms with Crippen molar-refractivity contribution >= 4 is 33.5 Å².